The number of halogens is 2. The first-order chi connectivity index (χ1) is 11.5. The van der Waals surface area contributed by atoms with Gasteiger partial charge in [-0.1, -0.05) is 11.6 Å². The third-order valence-corrected chi connectivity index (χ3v) is 4.49. The lowest BCUT2D eigenvalue weighted by Gasteiger charge is -2.14. The highest BCUT2D eigenvalue weighted by Gasteiger charge is 2.13. The fourth-order valence-corrected chi connectivity index (χ4v) is 3.05. The van der Waals surface area contributed by atoms with Crippen molar-refractivity contribution < 1.29 is 9.13 Å². The molecule has 0 amide bonds. The minimum Gasteiger partial charge on any atom is -0.457 e. The summed E-state index contributed by atoms with van der Waals surface area (Å²) in [6.07, 6.45) is 2.07. The lowest BCUT2D eigenvalue weighted by Crippen LogP contribution is -2.07. The molecule has 0 fully saturated rings. The van der Waals surface area contributed by atoms with Gasteiger partial charge >= 0.3 is 0 Å². The number of fused-ring (bicyclic) bond motifs is 1. The van der Waals surface area contributed by atoms with Crippen LogP contribution in [0.25, 0.3) is 10.9 Å². The fourth-order valence-electron chi connectivity index (χ4n) is 2.90. The second-order valence-electron chi connectivity index (χ2n) is 5.73. The summed E-state index contributed by atoms with van der Waals surface area (Å²) >= 11 is 5.93. The van der Waals surface area contributed by atoms with Crippen molar-refractivity contribution in [3.8, 4) is 11.5 Å². The van der Waals surface area contributed by atoms with Crippen molar-refractivity contribution in [3.05, 3.63) is 58.5 Å². The maximum atomic E-state index is 13.7. The molecule has 0 aliphatic heterocycles. The van der Waals surface area contributed by atoms with Crippen molar-refractivity contribution in [1.82, 2.24) is 9.88 Å². The third kappa shape index (κ3) is 2.99. The van der Waals surface area contributed by atoms with Crippen molar-refractivity contribution in [2.24, 2.45) is 0 Å². The Morgan fingerprint density at radius 1 is 1.21 bits per heavy atom. The van der Waals surface area contributed by atoms with E-state index in [1.54, 1.807) is 7.05 Å². The molecule has 1 heterocycles. The van der Waals surface area contributed by atoms with Crippen molar-refractivity contribution in [3.63, 3.8) is 0 Å². The van der Waals surface area contributed by atoms with E-state index in [9.17, 15) is 4.39 Å². The number of aryl methyl sites for hydroxylation is 2. The molecule has 0 atom stereocenters. The van der Waals surface area contributed by atoms with Gasteiger partial charge in [0.1, 0.15) is 17.3 Å². The molecule has 24 heavy (non-hydrogen) atoms. The molecule has 0 spiro atoms. The molecule has 126 valence electrons. The van der Waals surface area contributed by atoms with Crippen LogP contribution >= 0.6 is 11.6 Å². The maximum Gasteiger partial charge on any atom is 0.142 e. The van der Waals surface area contributed by atoms with E-state index in [-0.39, 0.29) is 5.02 Å². The van der Waals surface area contributed by atoms with Gasteiger partial charge in [-0.05, 0) is 45.2 Å². The predicted molar refractivity (Wildman–Crippen MR) is 96.6 cm³/mol. The number of nitrogens with zero attached hydrogens (tertiary/aromatic N) is 1. The molecule has 1 N–H and O–H groups in total. The highest BCUT2D eigenvalue weighted by Crippen LogP contribution is 2.35. The number of rotatable bonds is 5. The molecule has 0 unspecified atom stereocenters. The summed E-state index contributed by atoms with van der Waals surface area (Å²) in [6, 6.07) is 9.03. The number of hydrogen-bond donors (Lipinski definition) is 1. The SMILES string of the molecule is CCn1ccc2c(C)c(Oc3cc(Cl)c(F)cc3CNC)ccc21. The van der Waals surface area contributed by atoms with E-state index in [2.05, 4.69) is 29.1 Å². The van der Waals surface area contributed by atoms with Crippen LogP contribution in [-0.4, -0.2) is 11.6 Å². The Morgan fingerprint density at radius 2 is 2.00 bits per heavy atom. The van der Waals surface area contributed by atoms with Gasteiger partial charge in [-0.3, -0.25) is 0 Å². The van der Waals surface area contributed by atoms with Crippen LogP contribution in [0.4, 0.5) is 4.39 Å². The Kier molecular flexibility index (Phi) is 4.78. The molecule has 1 aromatic heterocycles. The van der Waals surface area contributed by atoms with Crippen molar-refractivity contribution in [2.45, 2.75) is 26.9 Å². The number of aromatic nitrogens is 1. The average molecular weight is 347 g/mol. The van der Waals surface area contributed by atoms with Crippen LogP contribution in [0.15, 0.2) is 36.5 Å². The van der Waals surface area contributed by atoms with E-state index in [0.29, 0.717) is 12.3 Å². The fraction of sp³-hybridized carbons (Fsp3) is 0.263. The van der Waals surface area contributed by atoms with Crippen LogP contribution in [-0.2, 0) is 13.1 Å². The zero-order valence-corrected chi connectivity index (χ0v) is 14.7. The second-order valence-corrected chi connectivity index (χ2v) is 6.14. The molecule has 0 bridgehead atoms. The maximum absolute atomic E-state index is 13.7. The van der Waals surface area contributed by atoms with Crippen LogP contribution in [0.1, 0.15) is 18.1 Å². The first-order valence-corrected chi connectivity index (χ1v) is 8.31. The third-order valence-electron chi connectivity index (χ3n) is 4.20. The van der Waals surface area contributed by atoms with Crippen LogP contribution in [0.5, 0.6) is 11.5 Å². The number of ether oxygens (including phenoxy) is 1. The van der Waals surface area contributed by atoms with Crippen LogP contribution in [0.2, 0.25) is 5.02 Å². The molecule has 5 heteroatoms. The summed E-state index contributed by atoms with van der Waals surface area (Å²) in [5.41, 5.74) is 2.95. The van der Waals surface area contributed by atoms with Gasteiger partial charge in [-0.25, -0.2) is 4.39 Å². The van der Waals surface area contributed by atoms with Crippen molar-refractivity contribution in [2.75, 3.05) is 7.05 Å². The standard InChI is InChI=1S/C19H20ClFN2O/c1-4-23-8-7-14-12(2)18(6-5-17(14)23)24-19-10-15(20)16(21)9-13(19)11-22-3/h5-10,22H,4,11H2,1-3H3. The highest BCUT2D eigenvalue weighted by atomic mass is 35.5. The van der Waals surface area contributed by atoms with Crippen LogP contribution < -0.4 is 10.1 Å². The minimum absolute atomic E-state index is 0.0562. The number of nitrogens with one attached hydrogen (secondary N) is 1. The summed E-state index contributed by atoms with van der Waals surface area (Å²) in [5, 5.41) is 4.23. The quantitative estimate of drug-likeness (QED) is 0.680. The van der Waals surface area contributed by atoms with Gasteiger partial charge in [-0.2, -0.15) is 0 Å². The molecule has 3 rings (SSSR count). The minimum atomic E-state index is -0.443. The number of hydrogen-bond acceptors (Lipinski definition) is 2. The Hall–Kier alpha value is -2.04. The molecule has 0 saturated carbocycles. The lowest BCUT2D eigenvalue weighted by atomic mass is 10.1. The monoisotopic (exact) mass is 346 g/mol. The zero-order valence-electron chi connectivity index (χ0n) is 14.0. The molecule has 3 nitrogen and oxygen atoms in total. The summed E-state index contributed by atoms with van der Waals surface area (Å²) in [4.78, 5) is 0. The lowest BCUT2D eigenvalue weighted by molar-refractivity contribution is 0.469. The van der Waals surface area contributed by atoms with Crippen LogP contribution in [0.3, 0.4) is 0 Å². The van der Waals surface area contributed by atoms with Gasteiger partial charge in [0, 0.05) is 47.4 Å². The average Bonchev–Trinajstić information content (AvgIpc) is 2.98. The van der Waals surface area contributed by atoms with Gasteiger partial charge in [0.25, 0.3) is 0 Å². The van der Waals surface area contributed by atoms with E-state index in [4.69, 9.17) is 16.3 Å². The molecule has 0 radical (unpaired) electrons. The Labute approximate surface area is 146 Å². The number of benzene rings is 2. The van der Waals surface area contributed by atoms with Gasteiger partial charge in [0.2, 0.25) is 0 Å². The van der Waals surface area contributed by atoms with E-state index in [0.717, 1.165) is 28.8 Å². The normalized spacial score (nSPS) is 11.2. The molecular formula is C19H20ClFN2O. The van der Waals surface area contributed by atoms with Gasteiger partial charge in [0.05, 0.1) is 5.02 Å². The van der Waals surface area contributed by atoms with Crippen molar-refractivity contribution >= 4 is 22.5 Å². The smallest absolute Gasteiger partial charge is 0.142 e. The van der Waals surface area contributed by atoms with E-state index in [1.807, 2.05) is 19.1 Å². The Balaban J connectivity index is 2.04. The summed E-state index contributed by atoms with van der Waals surface area (Å²) in [6.45, 7) is 5.56. The first-order valence-electron chi connectivity index (χ1n) is 7.94. The molecule has 0 saturated heterocycles. The molecule has 0 aliphatic carbocycles. The van der Waals surface area contributed by atoms with Crippen molar-refractivity contribution in [1.29, 1.82) is 0 Å². The van der Waals surface area contributed by atoms with E-state index < -0.39 is 5.82 Å². The predicted octanol–water partition coefficient (Wildman–Crippen LogP) is 5.27. The van der Waals surface area contributed by atoms with E-state index in [1.165, 1.54) is 17.6 Å². The summed E-state index contributed by atoms with van der Waals surface area (Å²) < 4.78 is 22.0. The van der Waals surface area contributed by atoms with Gasteiger partial charge in [-0.15, -0.1) is 0 Å². The first kappa shape index (κ1) is 16.8. The Morgan fingerprint density at radius 3 is 2.71 bits per heavy atom. The summed E-state index contributed by atoms with van der Waals surface area (Å²) in [7, 11) is 1.81. The van der Waals surface area contributed by atoms with E-state index >= 15 is 0 Å². The second kappa shape index (κ2) is 6.83. The zero-order chi connectivity index (χ0) is 17.3. The molecule has 3 aromatic rings. The summed E-state index contributed by atoms with van der Waals surface area (Å²) in [5.74, 6) is 0.867. The van der Waals surface area contributed by atoms with Crippen LogP contribution in [0, 0.1) is 12.7 Å². The van der Waals surface area contributed by atoms with Gasteiger partial charge < -0.3 is 14.6 Å². The topological polar surface area (TPSA) is 26.2 Å². The highest BCUT2D eigenvalue weighted by molar-refractivity contribution is 6.30. The molecule has 0 aliphatic rings. The Bertz CT molecular complexity index is 889. The molecule has 2 aromatic carbocycles. The van der Waals surface area contributed by atoms with Gasteiger partial charge in [0.15, 0.2) is 0 Å². The molecular weight excluding hydrogens is 327 g/mol. The largest absolute Gasteiger partial charge is 0.457 e.